The van der Waals surface area contributed by atoms with Crippen LogP contribution in [0.3, 0.4) is 0 Å². The number of benzene rings is 2. The molecule has 3 heteroatoms. The van der Waals surface area contributed by atoms with Crippen LogP contribution in [0.2, 0.25) is 6.55 Å². The largest absolute Gasteiger partial charge is 0.391 e. The van der Waals surface area contributed by atoms with Crippen LogP contribution in [-0.2, 0) is 8.85 Å². The molecule has 2 aromatic rings. The van der Waals surface area contributed by atoms with Crippen molar-refractivity contribution >= 4 is 13.7 Å². The Morgan fingerprint density at radius 2 is 1.35 bits per heavy atom. The van der Waals surface area contributed by atoms with Gasteiger partial charge in [-0.15, -0.1) is 0 Å². The third-order valence-corrected chi connectivity index (χ3v) is 6.43. The first-order valence-corrected chi connectivity index (χ1v) is 9.45. The monoisotopic (exact) mass is 286 g/mol. The van der Waals surface area contributed by atoms with Crippen molar-refractivity contribution < 1.29 is 8.85 Å². The fraction of sp³-hybridized carbons (Fsp3) is 0.294. The van der Waals surface area contributed by atoms with Gasteiger partial charge in [0.2, 0.25) is 0 Å². The van der Waals surface area contributed by atoms with Crippen LogP contribution in [-0.4, -0.2) is 21.8 Å². The third-order valence-electron chi connectivity index (χ3n) is 3.34. The van der Waals surface area contributed by atoms with Crippen LogP contribution in [0.25, 0.3) is 11.1 Å². The highest BCUT2D eigenvalue weighted by atomic mass is 28.4. The van der Waals surface area contributed by atoms with Crippen molar-refractivity contribution in [3.05, 3.63) is 54.6 Å². The molecule has 20 heavy (non-hydrogen) atoms. The molecule has 0 aliphatic rings. The van der Waals surface area contributed by atoms with Gasteiger partial charge in [0.05, 0.1) is 0 Å². The van der Waals surface area contributed by atoms with Gasteiger partial charge >= 0.3 is 8.56 Å². The fourth-order valence-corrected chi connectivity index (χ4v) is 5.11. The van der Waals surface area contributed by atoms with E-state index in [2.05, 4.69) is 55.1 Å². The highest BCUT2D eigenvalue weighted by molar-refractivity contribution is 6.81. The molecule has 0 aliphatic carbocycles. The average molecular weight is 286 g/mol. The maximum absolute atomic E-state index is 6.03. The lowest BCUT2D eigenvalue weighted by atomic mass is 10.1. The molecule has 2 aromatic carbocycles. The Morgan fingerprint density at radius 1 is 0.800 bits per heavy atom. The molecule has 0 saturated carbocycles. The van der Waals surface area contributed by atoms with E-state index in [9.17, 15) is 0 Å². The Morgan fingerprint density at radius 3 is 1.95 bits per heavy atom. The highest BCUT2D eigenvalue weighted by Gasteiger charge is 2.35. The van der Waals surface area contributed by atoms with Crippen molar-refractivity contribution in [3.63, 3.8) is 0 Å². The Kier molecular flexibility index (Phi) is 5.12. The zero-order valence-corrected chi connectivity index (χ0v) is 13.4. The van der Waals surface area contributed by atoms with Gasteiger partial charge in [-0.25, -0.2) is 0 Å². The summed E-state index contributed by atoms with van der Waals surface area (Å²) in [6, 6.07) is 18.8. The van der Waals surface area contributed by atoms with E-state index in [0.717, 1.165) is 0 Å². The van der Waals surface area contributed by atoms with Gasteiger partial charge in [0.25, 0.3) is 0 Å². The molecule has 0 fully saturated rings. The number of hydrogen-bond acceptors (Lipinski definition) is 2. The molecular weight excluding hydrogens is 264 g/mol. The van der Waals surface area contributed by atoms with E-state index in [1.54, 1.807) is 0 Å². The Balaban J connectivity index is 2.51. The molecule has 0 spiro atoms. The first-order valence-electron chi connectivity index (χ1n) is 7.14. The number of rotatable bonds is 6. The molecule has 0 bridgehead atoms. The predicted octanol–water partition coefficient (Wildman–Crippen LogP) is 3.71. The Bertz CT molecular complexity index is 534. The topological polar surface area (TPSA) is 18.5 Å². The predicted molar refractivity (Wildman–Crippen MR) is 86.4 cm³/mol. The number of hydrogen-bond donors (Lipinski definition) is 0. The molecular formula is C17H22O2Si. The third kappa shape index (κ3) is 3.18. The van der Waals surface area contributed by atoms with Gasteiger partial charge in [-0.05, 0) is 31.5 Å². The molecule has 2 rings (SSSR count). The summed E-state index contributed by atoms with van der Waals surface area (Å²) in [5.41, 5.74) is 2.42. The summed E-state index contributed by atoms with van der Waals surface area (Å²) in [7, 11) is -2.35. The van der Waals surface area contributed by atoms with Crippen LogP contribution in [0.5, 0.6) is 0 Å². The van der Waals surface area contributed by atoms with Gasteiger partial charge in [-0.3, -0.25) is 0 Å². The molecule has 0 radical (unpaired) electrons. The molecule has 0 atom stereocenters. The van der Waals surface area contributed by atoms with Crippen molar-refractivity contribution in [2.45, 2.75) is 20.4 Å². The molecule has 0 unspecified atom stereocenters. The molecule has 2 nitrogen and oxygen atoms in total. The first-order chi connectivity index (χ1) is 9.71. The molecule has 0 N–H and O–H groups in total. The van der Waals surface area contributed by atoms with Gasteiger partial charge in [0, 0.05) is 18.4 Å². The van der Waals surface area contributed by atoms with Crippen LogP contribution in [0.4, 0.5) is 0 Å². The minimum Gasteiger partial charge on any atom is -0.391 e. The van der Waals surface area contributed by atoms with Gasteiger partial charge in [-0.1, -0.05) is 54.6 Å². The summed E-state index contributed by atoms with van der Waals surface area (Å²) in [6.45, 7) is 7.52. The second-order valence-electron chi connectivity index (χ2n) is 4.72. The first kappa shape index (κ1) is 15.0. The van der Waals surface area contributed by atoms with Crippen molar-refractivity contribution in [2.75, 3.05) is 13.2 Å². The summed E-state index contributed by atoms with van der Waals surface area (Å²) in [5, 5.41) is 1.20. The molecule has 0 aliphatic heterocycles. The van der Waals surface area contributed by atoms with Crippen LogP contribution in [0, 0.1) is 0 Å². The zero-order valence-electron chi connectivity index (χ0n) is 12.4. The molecule has 0 heterocycles. The van der Waals surface area contributed by atoms with E-state index >= 15 is 0 Å². The summed E-state index contributed by atoms with van der Waals surface area (Å²) in [6.07, 6.45) is 0. The van der Waals surface area contributed by atoms with Gasteiger partial charge in [-0.2, -0.15) is 0 Å². The van der Waals surface area contributed by atoms with E-state index in [4.69, 9.17) is 8.85 Å². The highest BCUT2D eigenvalue weighted by Crippen LogP contribution is 2.21. The van der Waals surface area contributed by atoms with Crippen LogP contribution in [0.15, 0.2) is 54.6 Å². The standard InChI is InChI=1S/C17H22O2Si/c1-4-18-20(3,19-5-2)17-14-10-9-13-16(17)15-11-7-6-8-12-15/h6-14H,4-5H2,1-3H3. The van der Waals surface area contributed by atoms with Gasteiger partial charge in [0.15, 0.2) is 0 Å². The maximum Gasteiger partial charge on any atom is 0.369 e. The van der Waals surface area contributed by atoms with E-state index in [-0.39, 0.29) is 0 Å². The van der Waals surface area contributed by atoms with Gasteiger partial charge < -0.3 is 8.85 Å². The van der Waals surface area contributed by atoms with E-state index in [0.29, 0.717) is 13.2 Å². The minimum absolute atomic E-state index is 0.672. The second kappa shape index (κ2) is 6.84. The Labute approximate surface area is 122 Å². The van der Waals surface area contributed by atoms with Crippen molar-refractivity contribution in [2.24, 2.45) is 0 Å². The Hall–Kier alpha value is -1.42. The lowest BCUT2D eigenvalue weighted by Gasteiger charge is -2.28. The molecule has 106 valence electrons. The SMILES string of the molecule is CCO[Si](C)(OCC)c1ccccc1-c1ccccc1. The van der Waals surface area contributed by atoms with Crippen LogP contribution >= 0.6 is 0 Å². The lowest BCUT2D eigenvalue weighted by Crippen LogP contribution is -2.51. The maximum atomic E-state index is 6.03. The summed E-state index contributed by atoms with van der Waals surface area (Å²) in [5.74, 6) is 0. The van der Waals surface area contributed by atoms with Crippen molar-refractivity contribution in [1.82, 2.24) is 0 Å². The molecule has 0 amide bonds. The fourth-order valence-electron chi connectivity index (χ4n) is 2.50. The quantitative estimate of drug-likeness (QED) is 0.754. The van der Waals surface area contributed by atoms with Crippen molar-refractivity contribution in [3.8, 4) is 11.1 Å². The van der Waals surface area contributed by atoms with Crippen molar-refractivity contribution in [1.29, 1.82) is 0 Å². The lowest BCUT2D eigenvalue weighted by molar-refractivity contribution is 0.202. The van der Waals surface area contributed by atoms with E-state index in [1.165, 1.54) is 16.3 Å². The second-order valence-corrected chi connectivity index (χ2v) is 7.73. The van der Waals surface area contributed by atoms with Crippen LogP contribution in [0.1, 0.15) is 13.8 Å². The van der Waals surface area contributed by atoms with Gasteiger partial charge in [0.1, 0.15) is 0 Å². The molecule has 0 aromatic heterocycles. The molecule has 0 saturated heterocycles. The van der Waals surface area contributed by atoms with E-state index < -0.39 is 8.56 Å². The summed E-state index contributed by atoms with van der Waals surface area (Å²) < 4.78 is 12.1. The normalized spacial score (nSPS) is 11.6. The summed E-state index contributed by atoms with van der Waals surface area (Å²) in [4.78, 5) is 0. The smallest absolute Gasteiger partial charge is 0.369 e. The average Bonchev–Trinajstić information content (AvgIpc) is 2.49. The minimum atomic E-state index is -2.35. The zero-order chi connectivity index (χ0) is 14.4. The summed E-state index contributed by atoms with van der Waals surface area (Å²) >= 11 is 0. The van der Waals surface area contributed by atoms with E-state index in [1.807, 2.05) is 19.9 Å². The van der Waals surface area contributed by atoms with Crippen LogP contribution < -0.4 is 5.19 Å².